The molecule has 0 fully saturated rings. The first-order valence-electron chi connectivity index (χ1n) is 4.04. The van der Waals surface area contributed by atoms with Crippen molar-refractivity contribution in [2.24, 2.45) is 0 Å². The summed E-state index contributed by atoms with van der Waals surface area (Å²) in [5, 5.41) is 11.5. The number of rotatable bonds is 4. The number of hydrogen-bond acceptors (Lipinski definition) is 3. The molecule has 0 saturated carbocycles. The second kappa shape index (κ2) is 4.04. The summed E-state index contributed by atoms with van der Waals surface area (Å²) >= 11 is 0. The zero-order chi connectivity index (χ0) is 9.84. The number of aromatic amines is 1. The number of nitrogens with one attached hydrogen (secondary N) is 2. The fourth-order valence-electron chi connectivity index (χ4n) is 1.23. The predicted molar refractivity (Wildman–Crippen MR) is 47.4 cm³/mol. The van der Waals surface area contributed by atoms with Gasteiger partial charge in [-0.3, -0.25) is 4.79 Å². The van der Waals surface area contributed by atoms with Gasteiger partial charge in [-0.25, -0.2) is 4.98 Å². The zero-order valence-corrected chi connectivity index (χ0v) is 7.66. The van der Waals surface area contributed by atoms with E-state index in [2.05, 4.69) is 15.3 Å². The van der Waals surface area contributed by atoms with Crippen LogP contribution in [0, 0.1) is 6.92 Å². The summed E-state index contributed by atoms with van der Waals surface area (Å²) < 4.78 is 0. The highest BCUT2D eigenvalue weighted by molar-refractivity contribution is 5.67. The van der Waals surface area contributed by atoms with E-state index in [1.54, 1.807) is 13.4 Å². The van der Waals surface area contributed by atoms with Crippen molar-refractivity contribution in [1.29, 1.82) is 0 Å². The van der Waals surface area contributed by atoms with E-state index < -0.39 is 5.97 Å². The van der Waals surface area contributed by atoms with Crippen LogP contribution in [0.4, 0.5) is 0 Å². The maximum absolute atomic E-state index is 10.5. The topological polar surface area (TPSA) is 78.0 Å². The lowest BCUT2D eigenvalue weighted by atomic mass is 10.1. The molecule has 0 radical (unpaired) electrons. The van der Waals surface area contributed by atoms with Gasteiger partial charge in [-0.2, -0.15) is 0 Å². The molecular formula is C8H13N3O2. The molecule has 1 heterocycles. The Morgan fingerprint density at radius 2 is 2.54 bits per heavy atom. The molecule has 5 nitrogen and oxygen atoms in total. The number of aliphatic carboxylic acids is 1. The predicted octanol–water partition coefficient (Wildman–Crippen LogP) is 0.453. The number of H-pyrrole nitrogens is 1. The standard InChI is InChI=1S/C8H13N3O2/c1-5-8(11-4-10-5)6(9-2)3-7(12)13/h4,6,9H,3H2,1-2H3,(H,10,11)(H,12,13). The van der Waals surface area contributed by atoms with Gasteiger partial charge < -0.3 is 15.4 Å². The van der Waals surface area contributed by atoms with Crippen LogP contribution in [-0.2, 0) is 4.79 Å². The molecular weight excluding hydrogens is 170 g/mol. The molecule has 0 aliphatic heterocycles. The molecule has 0 aliphatic carbocycles. The summed E-state index contributed by atoms with van der Waals surface area (Å²) in [6.07, 6.45) is 1.61. The molecule has 0 aromatic carbocycles. The van der Waals surface area contributed by atoms with E-state index in [4.69, 9.17) is 5.11 Å². The molecule has 0 spiro atoms. The van der Waals surface area contributed by atoms with Crippen molar-refractivity contribution < 1.29 is 9.90 Å². The smallest absolute Gasteiger partial charge is 0.305 e. The molecule has 13 heavy (non-hydrogen) atoms. The average molecular weight is 183 g/mol. The summed E-state index contributed by atoms with van der Waals surface area (Å²) in [6.45, 7) is 1.87. The van der Waals surface area contributed by atoms with E-state index in [1.807, 2.05) is 6.92 Å². The number of nitrogens with zero attached hydrogens (tertiary/aromatic N) is 1. The van der Waals surface area contributed by atoms with Gasteiger partial charge in [0.1, 0.15) is 0 Å². The highest BCUT2D eigenvalue weighted by Crippen LogP contribution is 2.16. The second-order valence-electron chi connectivity index (χ2n) is 2.85. The Morgan fingerprint density at radius 3 is 2.92 bits per heavy atom. The van der Waals surface area contributed by atoms with Crippen molar-refractivity contribution in [3.8, 4) is 0 Å². The number of aryl methyl sites for hydroxylation is 1. The van der Waals surface area contributed by atoms with Gasteiger partial charge in [0.2, 0.25) is 0 Å². The normalized spacial score (nSPS) is 12.8. The number of hydrogen-bond donors (Lipinski definition) is 3. The minimum atomic E-state index is -0.832. The van der Waals surface area contributed by atoms with Crippen LogP contribution in [0.5, 0.6) is 0 Å². The van der Waals surface area contributed by atoms with E-state index in [0.29, 0.717) is 0 Å². The number of carbonyl (C=O) groups is 1. The molecule has 72 valence electrons. The van der Waals surface area contributed by atoms with E-state index in [-0.39, 0.29) is 12.5 Å². The molecule has 0 bridgehead atoms. The fourth-order valence-corrected chi connectivity index (χ4v) is 1.23. The van der Waals surface area contributed by atoms with Crippen LogP contribution >= 0.6 is 0 Å². The van der Waals surface area contributed by atoms with Crippen LogP contribution in [0.1, 0.15) is 23.9 Å². The minimum absolute atomic E-state index is 0.0438. The maximum Gasteiger partial charge on any atom is 0.305 e. The zero-order valence-electron chi connectivity index (χ0n) is 7.66. The Bertz CT molecular complexity index is 295. The Morgan fingerprint density at radius 1 is 1.85 bits per heavy atom. The van der Waals surface area contributed by atoms with Crippen LogP contribution in [0.2, 0.25) is 0 Å². The molecule has 0 amide bonds. The molecule has 3 N–H and O–H groups in total. The molecule has 0 aliphatic rings. The lowest BCUT2D eigenvalue weighted by Gasteiger charge is -2.11. The average Bonchev–Trinajstić information content (AvgIpc) is 2.47. The molecule has 1 atom stereocenters. The van der Waals surface area contributed by atoms with Gasteiger partial charge in [0, 0.05) is 5.69 Å². The summed E-state index contributed by atoms with van der Waals surface area (Å²) in [6, 6.07) is -0.219. The van der Waals surface area contributed by atoms with Crippen LogP contribution in [0.25, 0.3) is 0 Å². The van der Waals surface area contributed by atoms with Crippen molar-refractivity contribution in [1.82, 2.24) is 15.3 Å². The van der Waals surface area contributed by atoms with Crippen molar-refractivity contribution >= 4 is 5.97 Å². The Labute approximate surface area is 76.2 Å². The monoisotopic (exact) mass is 183 g/mol. The molecule has 1 rings (SSSR count). The first-order chi connectivity index (χ1) is 6.15. The lowest BCUT2D eigenvalue weighted by molar-refractivity contribution is -0.137. The lowest BCUT2D eigenvalue weighted by Crippen LogP contribution is -2.20. The summed E-state index contributed by atoms with van der Waals surface area (Å²) in [5.74, 6) is -0.832. The van der Waals surface area contributed by atoms with Crippen LogP contribution in [0.3, 0.4) is 0 Å². The van der Waals surface area contributed by atoms with E-state index in [1.165, 1.54) is 0 Å². The Hall–Kier alpha value is -1.36. The van der Waals surface area contributed by atoms with Gasteiger partial charge in [-0.05, 0) is 14.0 Å². The van der Waals surface area contributed by atoms with Gasteiger partial charge in [0.15, 0.2) is 0 Å². The van der Waals surface area contributed by atoms with Gasteiger partial charge >= 0.3 is 5.97 Å². The maximum atomic E-state index is 10.5. The van der Waals surface area contributed by atoms with Crippen LogP contribution in [0.15, 0.2) is 6.33 Å². The quantitative estimate of drug-likeness (QED) is 0.633. The Balaban J connectivity index is 2.78. The molecule has 1 aromatic rings. The third-order valence-corrected chi connectivity index (χ3v) is 1.93. The third kappa shape index (κ3) is 2.29. The molecule has 1 aromatic heterocycles. The number of aromatic nitrogens is 2. The highest BCUT2D eigenvalue weighted by Gasteiger charge is 2.17. The Kier molecular flexibility index (Phi) is 3.02. The third-order valence-electron chi connectivity index (χ3n) is 1.93. The number of carboxylic acid groups (broad SMARTS) is 1. The number of imidazole rings is 1. The first-order valence-corrected chi connectivity index (χ1v) is 4.04. The van der Waals surface area contributed by atoms with Crippen LogP contribution in [-0.4, -0.2) is 28.1 Å². The van der Waals surface area contributed by atoms with Gasteiger partial charge in [-0.15, -0.1) is 0 Å². The molecule has 0 saturated heterocycles. The summed E-state index contributed by atoms with van der Waals surface area (Å²) in [7, 11) is 1.72. The molecule has 1 unspecified atom stereocenters. The van der Waals surface area contributed by atoms with E-state index in [9.17, 15) is 4.79 Å². The largest absolute Gasteiger partial charge is 0.481 e. The van der Waals surface area contributed by atoms with Crippen molar-refractivity contribution in [3.05, 3.63) is 17.7 Å². The van der Waals surface area contributed by atoms with Crippen molar-refractivity contribution in [3.63, 3.8) is 0 Å². The SMILES string of the molecule is CNC(CC(=O)O)c1nc[nH]c1C. The highest BCUT2D eigenvalue weighted by atomic mass is 16.4. The summed E-state index contributed by atoms with van der Waals surface area (Å²) in [4.78, 5) is 17.5. The summed E-state index contributed by atoms with van der Waals surface area (Å²) in [5.41, 5.74) is 1.67. The van der Waals surface area contributed by atoms with E-state index in [0.717, 1.165) is 11.4 Å². The number of carboxylic acids is 1. The van der Waals surface area contributed by atoms with Gasteiger partial charge in [0.25, 0.3) is 0 Å². The second-order valence-corrected chi connectivity index (χ2v) is 2.85. The fraction of sp³-hybridized carbons (Fsp3) is 0.500. The van der Waals surface area contributed by atoms with Gasteiger partial charge in [-0.1, -0.05) is 0 Å². The minimum Gasteiger partial charge on any atom is -0.481 e. The van der Waals surface area contributed by atoms with Crippen molar-refractivity contribution in [2.75, 3.05) is 7.05 Å². The first kappa shape index (κ1) is 9.73. The van der Waals surface area contributed by atoms with Crippen LogP contribution < -0.4 is 5.32 Å². The van der Waals surface area contributed by atoms with Crippen molar-refractivity contribution in [2.45, 2.75) is 19.4 Å². The van der Waals surface area contributed by atoms with Gasteiger partial charge in [0.05, 0.1) is 24.5 Å². The molecule has 5 heteroatoms. The van der Waals surface area contributed by atoms with E-state index >= 15 is 0 Å².